The lowest BCUT2D eigenvalue weighted by atomic mass is 10.4. The first-order valence-electron chi connectivity index (χ1n) is 4.38. The van der Waals surface area contributed by atoms with Crippen LogP contribution in [0.1, 0.15) is 19.8 Å². The van der Waals surface area contributed by atoms with Crippen LogP contribution in [0.5, 0.6) is 0 Å². The SMILES string of the molecule is CCC=CCCSC1=NCCS1. The minimum absolute atomic E-state index is 1.03. The summed E-state index contributed by atoms with van der Waals surface area (Å²) in [5.41, 5.74) is 0. The Kier molecular flexibility index (Phi) is 5.61. The van der Waals surface area contributed by atoms with Crippen molar-refractivity contribution in [2.45, 2.75) is 19.8 Å². The van der Waals surface area contributed by atoms with Gasteiger partial charge in [0.1, 0.15) is 4.38 Å². The molecule has 0 saturated heterocycles. The number of nitrogens with zero attached hydrogens (tertiary/aromatic N) is 1. The maximum atomic E-state index is 4.37. The van der Waals surface area contributed by atoms with Crippen LogP contribution in [0.3, 0.4) is 0 Å². The number of hydrogen-bond donors (Lipinski definition) is 0. The molecule has 0 bridgehead atoms. The summed E-state index contributed by atoms with van der Waals surface area (Å²) in [6.45, 7) is 3.19. The standard InChI is InChI=1S/C9H15NS2/c1-2-3-4-5-7-11-9-10-6-8-12-9/h3-4H,2,5-8H2,1H3. The highest BCUT2D eigenvalue weighted by molar-refractivity contribution is 8.39. The van der Waals surface area contributed by atoms with Crippen molar-refractivity contribution >= 4 is 27.9 Å². The van der Waals surface area contributed by atoms with Gasteiger partial charge in [-0.25, -0.2) is 0 Å². The van der Waals surface area contributed by atoms with Crippen LogP contribution in [0.25, 0.3) is 0 Å². The molecule has 1 rings (SSSR count). The van der Waals surface area contributed by atoms with Crippen LogP contribution in [0, 0.1) is 0 Å². The molecule has 0 aromatic rings. The first-order valence-corrected chi connectivity index (χ1v) is 6.35. The highest BCUT2D eigenvalue weighted by Crippen LogP contribution is 2.22. The van der Waals surface area contributed by atoms with E-state index < -0.39 is 0 Å². The van der Waals surface area contributed by atoms with Gasteiger partial charge in [-0.2, -0.15) is 0 Å². The van der Waals surface area contributed by atoms with E-state index in [0.29, 0.717) is 0 Å². The van der Waals surface area contributed by atoms with Crippen molar-refractivity contribution < 1.29 is 0 Å². The largest absolute Gasteiger partial charge is 0.271 e. The molecule has 0 fully saturated rings. The number of hydrogen-bond acceptors (Lipinski definition) is 3. The molecule has 0 aromatic heterocycles. The van der Waals surface area contributed by atoms with Gasteiger partial charge in [-0.05, 0) is 12.8 Å². The van der Waals surface area contributed by atoms with Crippen molar-refractivity contribution in [2.24, 2.45) is 4.99 Å². The molecule has 0 saturated carbocycles. The molecule has 3 heteroatoms. The topological polar surface area (TPSA) is 12.4 Å². The molecule has 1 aliphatic heterocycles. The average molecular weight is 201 g/mol. The molecule has 1 aliphatic rings. The Morgan fingerprint density at radius 2 is 2.50 bits per heavy atom. The Hall–Kier alpha value is 0.110. The van der Waals surface area contributed by atoms with E-state index in [-0.39, 0.29) is 0 Å². The average Bonchev–Trinajstić information content (AvgIpc) is 2.57. The summed E-state index contributed by atoms with van der Waals surface area (Å²) in [7, 11) is 0. The Bertz CT molecular complexity index is 175. The second kappa shape index (κ2) is 6.61. The van der Waals surface area contributed by atoms with Crippen molar-refractivity contribution in [3.63, 3.8) is 0 Å². The summed E-state index contributed by atoms with van der Waals surface area (Å²) in [4.78, 5) is 4.37. The molecule has 0 amide bonds. The molecule has 0 N–H and O–H groups in total. The van der Waals surface area contributed by atoms with Crippen molar-refractivity contribution in [1.29, 1.82) is 0 Å². The molecule has 1 nitrogen and oxygen atoms in total. The second-order valence-electron chi connectivity index (χ2n) is 2.51. The van der Waals surface area contributed by atoms with Crippen molar-refractivity contribution in [3.05, 3.63) is 12.2 Å². The van der Waals surface area contributed by atoms with Crippen LogP contribution in [-0.2, 0) is 0 Å². The number of aliphatic imine (C=N–C) groups is 1. The van der Waals surface area contributed by atoms with Gasteiger partial charge in [-0.1, -0.05) is 42.6 Å². The molecule has 12 heavy (non-hydrogen) atoms. The van der Waals surface area contributed by atoms with Crippen LogP contribution in [0.2, 0.25) is 0 Å². The van der Waals surface area contributed by atoms with Gasteiger partial charge in [0.05, 0.1) is 6.54 Å². The van der Waals surface area contributed by atoms with Crippen molar-refractivity contribution in [1.82, 2.24) is 0 Å². The number of allylic oxidation sites excluding steroid dienone is 2. The Balaban J connectivity index is 1.98. The molecule has 0 radical (unpaired) electrons. The molecule has 0 unspecified atom stereocenters. The highest BCUT2D eigenvalue weighted by Gasteiger charge is 2.05. The smallest absolute Gasteiger partial charge is 0.124 e. The molecule has 0 spiro atoms. The van der Waals surface area contributed by atoms with Gasteiger partial charge >= 0.3 is 0 Å². The van der Waals surface area contributed by atoms with E-state index in [4.69, 9.17) is 0 Å². The summed E-state index contributed by atoms with van der Waals surface area (Å²) in [6, 6.07) is 0. The zero-order valence-electron chi connectivity index (χ0n) is 7.45. The second-order valence-corrected chi connectivity index (χ2v) is 4.94. The monoisotopic (exact) mass is 201 g/mol. The van der Waals surface area contributed by atoms with E-state index in [1.165, 1.54) is 22.3 Å². The zero-order valence-corrected chi connectivity index (χ0v) is 9.09. The van der Waals surface area contributed by atoms with E-state index in [1.54, 1.807) is 0 Å². The van der Waals surface area contributed by atoms with E-state index in [9.17, 15) is 0 Å². The van der Waals surface area contributed by atoms with Gasteiger partial charge in [0.15, 0.2) is 0 Å². The van der Waals surface area contributed by atoms with Crippen LogP contribution >= 0.6 is 23.5 Å². The van der Waals surface area contributed by atoms with Crippen molar-refractivity contribution in [2.75, 3.05) is 18.1 Å². The van der Waals surface area contributed by atoms with Crippen LogP contribution in [-0.4, -0.2) is 22.4 Å². The van der Waals surface area contributed by atoms with E-state index >= 15 is 0 Å². The lowest BCUT2D eigenvalue weighted by molar-refractivity contribution is 1.17. The molecular formula is C9H15NS2. The fourth-order valence-corrected chi connectivity index (χ4v) is 2.89. The summed E-state index contributed by atoms with van der Waals surface area (Å²) in [5.74, 6) is 2.37. The third kappa shape index (κ3) is 4.21. The normalized spacial score (nSPS) is 17.2. The van der Waals surface area contributed by atoms with E-state index in [0.717, 1.165) is 13.0 Å². The van der Waals surface area contributed by atoms with Crippen LogP contribution < -0.4 is 0 Å². The lowest BCUT2D eigenvalue weighted by Gasteiger charge is -1.95. The summed E-state index contributed by atoms with van der Waals surface area (Å²) >= 11 is 3.79. The van der Waals surface area contributed by atoms with Gasteiger partial charge in [0.25, 0.3) is 0 Å². The highest BCUT2D eigenvalue weighted by atomic mass is 32.2. The fraction of sp³-hybridized carbons (Fsp3) is 0.667. The summed E-state index contributed by atoms with van der Waals surface area (Å²) < 4.78 is 1.29. The lowest BCUT2D eigenvalue weighted by Crippen LogP contribution is -1.82. The molecule has 0 atom stereocenters. The van der Waals surface area contributed by atoms with E-state index in [2.05, 4.69) is 24.1 Å². The first-order chi connectivity index (χ1) is 5.93. The fourth-order valence-electron chi connectivity index (χ4n) is 0.902. The Morgan fingerprint density at radius 1 is 1.58 bits per heavy atom. The molecular weight excluding hydrogens is 186 g/mol. The van der Waals surface area contributed by atoms with Gasteiger partial charge in [-0.3, -0.25) is 4.99 Å². The number of thioether (sulfide) groups is 2. The van der Waals surface area contributed by atoms with Gasteiger partial charge < -0.3 is 0 Å². The summed E-state index contributed by atoms with van der Waals surface area (Å²) in [5, 5.41) is 0. The van der Waals surface area contributed by atoms with E-state index in [1.807, 2.05) is 23.5 Å². The van der Waals surface area contributed by atoms with Crippen molar-refractivity contribution in [3.8, 4) is 0 Å². The molecule has 1 heterocycles. The number of rotatable bonds is 4. The third-order valence-corrected chi connectivity index (χ3v) is 3.76. The van der Waals surface area contributed by atoms with Crippen LogP contribution in [0.4, 0.5) is 0 Å². The summed E-state index contributed by atoms with van der Waals surface area (Å²) in [6.07, 6.45) is 6.82. The maximum Gasteiger partial charge on any atom is 0.124 e. The van der Waals surface area contributed by atoms with Gasteiger partial charge in [0, 0.05) is 11.5 Å². The van der Waals surface area contributed by atoms with Crippen LogP contribution in [0.15, 0.2) is 17.1 Å². The Morgan fingerprint density at radius 3 is 3.17 bits per heavy atom. The quantitative estimate of drug-likeness (QED) is 0.511. The van der Waals surface area contributed by atoms with Gasteiger partial charge in [-0.15, -0.1) is 0 Å². The molecule has 0 aromatic carbocycles. The zero-order chi connectivity index (χ0) is 8.65. The minimum atomic E-state index is 1.03. The third-order valence-electron chi connectivity index (χ3n) is 1.47. The Labute approximate surface area is 83.1 Å². The maximum absolute atomic E-state index is 4.37. The first kappa shape index (κ1) is 10.2. The predicted octanol–water partition coefficient (Wildman–Crippen LogP) is 3.18. The molecule has 0 aliphatic carbocycles. The minimum Gasteiger partial charge on any atom is -0.271 e. The van der Waals surface area contributed by atoms with Gasteiger partial charge in [0.2, 0.25) is 0 Å². The predicted molar refractivity (Wildman–Crippen MR) is 61.3 cm³/mol. The molecule has 68 valence electrons.